The number of halogens is 1. The number of hydrogen-bond acceptors (Lipinski definition) is 3. The fourth-order valence-electron chi connectivity index (χ4n) is 1.04. The van der Waals surface area contributed by atoms with Gasteiger partial charge in [-0.2, -0.15) is 0 Å². The molecule has 0 saturated heterocycles. The van der Waals surface area contributed by atoms with Crippen molar-refractivity contribution < 1.29 is 9.66 Å². The van der Waals surface area contributed by atoms with Crippen molar-refractivity contribution in [1.82, 2.24) is 0 Å². The molecule has 1 aromatic carbocycles. The molecule has 0 aliphatic rings. The summed E-state index contributed by atoms with van der Waals surface area (Å²) in [5, 5.41) is 10.7. The normalized spacial score (nSPS) is 10.0. The van der Waals surface area contributed by atoms with Crippen molar-refractivity contribution in [2.75, 3.05) is 6.61 Å². The fourth-order valence-corrected chi connectivity index (χ4v) is 1.22. The van der Waals surface area contributed by atoms with Gasteiger partial charge in [0.15, 0.2) is 0 Å². The Bertz CT molecular complexity index is 463. The highest BCUT2D eigenvalue weighted by Gasteiger charge is 2.02. The van der Waals surface area contributed by atoms with E-state index in [1.165, 1.54) is 6.08 Å². The first-order chi connectivity index (χ1) is 7.63. The molecule has 1 rings (SSSR count). The molecule has 0 aromatic heterocycles. The Labute approximate surface area is 97.6 Å². The lowest BCUT2D eigenvalue weighted by molar-refractivity contribution is -0.400. The number of nitrogens with zero attached hydrogens (tertiary/aromatic N) is 1. The van der Waals surface area contributed by atoms with Gasteiger partial charge in [0, 0.05) is 16.7 Å². The van der Waals surface area contributed by atoms with Crippen LogP contribution in [-0.4, -0.2) is 11.5 Å². The summed E-state index contributed by atoms with van der Waals surface area (Å²) in [4.78, 5) is 9.63. The van der Waals surface area contributed by atoms with E-state index in [1.807, 2.05) is 0 Å². The Kier molecular flexibility index (Phi) is 4.37. The van der Waals surface area contributed by atoms with Crippen LogP contribution in [0.1, 0.15) is 5.56 Å². The minimum atomic E-state index is -0.564. The topological polar surface area (TPSA) is 52.4 Å². The predicted molar refractivity (Wildman–Crippen MR) is 61.8 cm³/mol. The molecule has 4 nitrogen and oxygen atoms in total. The molecule has 0 amide bonds. The summed E-state index contributed by atoms with van der Waals surface area (Å²) in [6.07, 6.45) is 7.17. The van der Waals surface area contributed by atoms with Crippen molar-refractivity contribution in [3.05, 3.63) is 45.1 Å². The van der Waals surface area contributed by atoms with Gasteiger partial charge in [0.25, 0.3) is 0 Å². The van der Waals surface area contributed by atoms with E-state index in [9.17, 15) is 10.1 Å². The van der Waals surface area contributed by atoms with Crippen LogP contribution < -0.4 is 4.74 Å². The maximum atomic E-state index is 10.2. The molecular weight excluding hydrogens is 230 g/mol. The fraction of sp³-hybridized carbons (Fsp3) is 0.0909. The second-order valence-corrected chi connectivity index (χ2v) is 3.21. The van der Waals surface area contributed by atoms with Crippen LogP contribution in [0.2, 0.25) is 5.02 Å². The van der Waals surface area contributed by atoms with Crippen molar-refractivity contribution in [3.63, 3.8) is 0 Å². The van der Waals surface area contributed by atoms with E-state index in [0.717, 1.165) is 6.20 Å². The second kappa shape index (κ2) is 5.79. The molecule has 0 N–H and O–H groups in total. The van der Waals surface area contributed by atoms with Crippen molar-refractivity contribution >= 4 is 17.7 Å². The third-order valence-corrected chi connectivity index (χ3v) is 1.89. The van der Waals surface area contributed by atoms with Crippen LogP contribution in [0.3, 0.4) is 0 Å². The van der Waals surface area contributed by atoms with Crippen LogP contribution in [0.5, 0.6) is 5.75 Å². The summed E-state index contributed by atoms with van der Waals surface area (Å²) in [7, 11) is 0. The first-order valence-corrected chi connectivity index (χ1v) is 4.69. The Hall–Kier alpha value is -1.99. The minimum Gasteiger partial charge on any atom is -0.480 e. The highest BCUT2D eigenvalue weighted by molar-refractivity contribution is 6.30. The molecule has 0 bridgehead atoms. The molecule has 0 unspecified atom stereocenters. The summed E-state index contributed by atoms with van der Waals surface area (Å²) in [5.74, 6) is 2.77. The SMILES string of the molecule is C#CCOc1ccc(Cl)cc1C=C[N+](=O)[O-]. The quantitative estimate of drug-likeness (QED) is 0.460. The number of nitro groups is 1. The molecule has 0 aliphatic carbocycles. The molecule has 0 spiro atoms. The average Bonchev–Trinajstić information content (AvgIpc) is 2.25. The first kappa shape index (κ1) is 12.1. The van der Waals surface area contributed by atoms with Gasteiger partial charge in [0.1, 0.15) is 12.4 Å². The summed E-state index contributed by atoms with van der Waals surface area (Å²) in [5.41, 5.74) is 0.513. The van der Waals surface area contributed by atoms with Crippen molar-refractivity contribution in [2.24, 2.45) is 0 Å². The highest BCUT2D eigenvalue weighted by Crippen LogP contribution is 2.24. The monoisotopic (exact) mass is 237 g/mol. The summed E-state index contributed by atoms with van der Waals surface area (Å²) >= 11 is 5.77. The van der Waals surface area contributed by atoms with E-state index in [1.54, 1.807) is 18.2 Å². The smallest absolute Gasteiger partial charge is 0.235 e. The number of terminal acetylenes is 1. The molecule has 82 valence electrons. The van der Waals surface area contributed by atoms with E-state index < -0.39 is 4.92 Å². The zero-order chi connectivity index (χ0) is 12.0. The van der Waals surface area contributed by atoms with E-state index >= 15 is 0 Å². The second-order valence-electron chi connectivity index (χ2n) is 2.78. The van der Waals surface area contributed by atoms with Gasteiger partial charge in [-0.05, 0) is 18.2 Å². The summed E-state index contributed by atoms with van der Waals surface area (Å²) in [6, 6.07) is 4.80. The van der Waals surface area contributed by atoms with Gasteiger partial charge in [0.2, 0.25) is 6.20 Å². The molecule has 0 atom stereocenters. The molecular formula is C11H8ClNO3. The average molecular weight is 238 g/mol. The van der Waals surface area contributed by atoms with Gasteiger partial charge < -0.3 is 4.74 Å². The molecule has 16 heavy (non-hydrogen) atoms. The third kappa shape index (κ3) is 3.64. The Morgan fingerprint density at radius 2 is 2.38 bits per heavy atom. The molecule has 0 radical (unpaired) electrons. The Morgan fingerprint density at radius 1 is 1.62 bits per heavy atom. The number of hydrogen-bond donors (Lipinski definition) is 0. The Balaban J connectivity index is 2.99. The van der Waals surface area contributed by atoms with Crippen molar-refractivity contribution in [1.29, 1.82) is 0 Å². The van der Waals surface area contributed by atoms with Crippen LogP contribution in [0.25, 0.3) is 6.08 Å². The maximum absolute atomic E-state index is 10.2. The van der Waals surface area contributed by atoms with Gasteiger partial charge in [0.05, 0.1) is 4.92 Å². The van der Waals surface area contributed by atoms with Crippen LogP contribution >= 0.6 is 11.6 Å². The van der Waals surface area contributed by atoms with Crippen molar-refractivity contribution in [2.45, 2.75) is 0 Å². The minimum absolute atomic E-state index is 0.0982. The van der Waals surface area contributed by atoms with E-state index in [2.05, 4.69) is 5.92 Å². The molecule has 5 heteroatoms. The van der Waals surface area contributed by atoms with Crippen LogP contribution in [0.15, 0.2) is 24.4 Å². The largest absolute Gasteiger partial charge is 0.480 e. The molecule has 0 fully saturated rings. The highest BCUT2D eigenvalue weighted by atomic mass is 35.5. The maximum Gasteiger partial charge on any atom is 0.235 e. The summed E-state index contributed by atoms with van der Waals surface area (Å²) < 4.78 is 5.20. The predicted octanol–water partition coefficient (Wildman–Crippen LogP) is 2.60. The van der Waals surface area contributed by atoms with Gasteiger partial charge >= 0.3 is 0 Å². The third-order valence-electron chi connectivity index (χ3n) is 1.66. The number of ether oxygens (including phenoxy) is 1. The van der Waals surface area contributed by atoms with E-state index in [0.29, 0.717) is 16.3 Å². The van der Waals surface area contributed by atoms with E-state index in [4.69, 9.17) is 22.8 Å². The van der Waals surface area contributed by atoms with Crippen LogP contribution in [0, 0.1) is 22.5 Å². The standard InChI is InChI=1S/C11H8ClNO3/c1-2-7-16-11-4-3-10(12)8-9(11)5-6-13(14)15/h1,3-6,8H,7H2. The molecule has 0 aliphatic heterocycles. The van der Waals surface area contributed by atoms with Crippen LogP contribution in [-0.2, 0) is 0 Å². The van der Waals surface area contributed by atoms with Gasteiger partial charge in [-0.1, -0.05) is 17.5 Å². The Morgan fingerprint density at radius 3 is 3.00 bits per heavy atom. The zero-order valence-corrected chi connectivity index (χ0v) is 8.98. The summed E-state index contributed by atoms with van der Waals surface area (Å²) in [6.45, 7) is 0.0982. The van der Waals surface area contributed by atoms with Crippen LogP contribution in [0.4, 0.5) is 0 Å². The molecule has 1 aromatic rings. The lowest BCUT2D eigenvalue weighted by Gasteiger charge is -2.05. The van der Waals surface area contributed by atoms with Gasteiger partial charge in [-0.3, -0.25) is 10.1 Å². The lowest BCUT2D eigenvalue weighted by atomic mass is 10.2. The molecule has 0 heterocycles. The van der Waals surface area contributed by atoms with Gasteiger partial charge in [-0.25, -0.2) is 0 Å². The van der Waals surface area contributed by atoms with Gasteiger partial charge in [-0.15, -0.1) is 6.42 Å². The molecule has 0 saturated carbocycles. The number of benzene rings is 1. The lowest BCUT2D eigenvalue weighted by Crippen LogP contribution is -1.95. The van der Waals surface area contributed by atoms with E-state index in [-0.39, 0.29) is 6.61 Å². The first-order valence-electron chi connectivity index (χ1n) is 4.31. The zero-order valence-electron chi connectivity index (χ0n) is 8.22. The van der Waals surface area contributed by atoms with Crippen molar-refractivity contribution in [3.8, 4) is 18.1 Å². The number of rotatable bonds is 4.